The van der Waals surface area contributed by atoms with E-state index >= 15 is 0 Å². The molecule has 0 heterocycles. The predicted molar refractivity (Wildman–Crippen MR) is 31.5 cm³/mol. The van der Waals surface area contributed by atoms with E-state index in [1.807, 2.05) is 0 Å². The molecule has 0 radical (unpaired) electrons. The third-order valence-corrected chi connectivity index (χ3v) is 0.937. The van der Waals surface area contributed by atoms with Crippen LogP contribution in [-0.4, -0.2) is 12.7 Å². The monoisotopic (exact) mass is 138 g/mol. The van der Waals surface area contributed by atoms with Crippen molar-refractivity contribution in [1.29, 1.82) is 0 Å². The van der Waals surface area contributed by atoms with Crippen LogP contribution in [0.2, 0.25) is 0 Å². The van der Waals surface area contributed by atoms with Gasteiger partial charge in [-0.25, -0.2) is 8.78 Å². The van der Waals surface area contributed by atoms with Crippen molar-refractivity contribution in [2.45, 2.75) is 39.4 Å². The van der Waals surface area contributed by atoms with Gasteiger partial charge in [-0.3, -0.25) is 0 Å². The molecule has 0 saturated carbocycles. The Morgan fingerprint density at radius 3 is 1.67 bits per heavy atom. The Hall–Kier alpha value is -0.180. The molecule has 0 saturated heterocycles. The SMILES string of the molecule is CCC(F)OC(F)CC. The lowest BCUT2D eigenvalue weighted by atomic mass is 10.4. The van der Waals surface area contributed by atoms with Gasteiger partial charge in [-0.1, -0.05) is 13.8 Å². The van der Waals surface area contributed by atoms with E-state index < -0.39 is 12.7 Å². The Balaban J connectivity index is 3.22. The third-order valence-electron chi connectivity index (χ3n) is 0.937. The molecule has 9 heavy (non-hydrogen) atoms. The first-order valence-corrected chi connectivity index (χ1v) is 3.14. The van der Waals surface area contributed by atoms with Crippen molar-refractivity contribution in [3.05, 3.63) is 0 Å². The molecule has 0 spiro atoms. The zero-order valence-corrected chi connectivity index (χ0v) is 5.73. The van der Waals surface area contributed by atoms with Crippen molar-refractivity contribution in [1.82, 2.24) is 0 Å². The fraction of sp³-hybridized carbons (Fsp3) is 1.00. The van der Waals surface area contributed by atoms with Crippen molar-refractivity contribution in [2.24, 2.45) is 0 Å². The molecular formula is C6H12F2O. The van der Waals surface area contributed by atoms with Crippen LogP contribution in [0.3, 0.4) is 0 Å². The second-order valence-electron chi connectivity index (χ2n) is 1.77. The van der Waals surface area contributed by atoms with Crippen molar-refractivity contribution in [2.75, 3.05) is 0 Å². The maximum Gasteiger partial charge on any atom is 0.201 e. The number of rotatable bonds is 4. The molecule has 0 aliphatic heterocycles. The Labute approximate surface area is 54.0 Å². The van der Waals surface area contributed by atoms with Gasteiger partial charge in [0.1, 0.15) is 0 Å². The second kappa shape index (κ2) is 4.68. The predicted octanol–water partition coefficient (Wildman–Crippen LogP) is 2.41. The minimum atomic E-state index is -1.44. The number of alkyl halides is 2. The summed E-state index contributed by atoms with van der Waals surface area (Å²) in [4.78, 5) is 0. The van der Waals surface area contributed by atoms with E-state index in [2.05, 4.69) is 4.74 Å². The minimum absolute atomic E-state index is 0.209. The first kappa shape index (κ1) is 8.82. The summed E-state index contributed by atoms with van der Waals surface area (Å²) < 4.78 is 28.4. The molecular weight excluding hydrogens is 126 g/mol. The van der Waals surface area contributed by atoms with Gasteiger partial charge in [-0.2, -0.15) is 0 Å². The first-order valence-electron chi connectivity index (χ1n) is 3.14. The molecule has 0 aromatic carbocycles. The van der Waals surface area contributed by atoms with Crippen LogP contribution < -0.4 is 0 Å². The fourth-order valence-corrected chi connectivity index (χ4v) is 0.353. The average molecular weight is 138 g/mol. The summed E-state index contributed by atoms with van der Waals surface area (Å²) in [6.45, 7) is 3.21. The highest BCUT2D eigenvalue weighted by Gasteiger charge is 2.09. The zero-order chi connectivity index (χ0) is 7.28. The summed E-state index contributed by atoms with van der Waals surface area (Å²) in [5.41, 5.74) is 0. The van der Waals surface area contributed by atoms with Crippen LogP contribution in [0.1, 0.15) is 26.7 Å². The highest BCUT2D eigenvalue weighted by atomic mass is 19.2. The summed E-state index contributed by atoms with van der Waals surface area (Å²) in [5, 5.41) is 0. The molecule has 0 aromatic rings. The van der Waals surface area contributed by atoms with Crippen LogP contribution in [0.25, 0.3) is 0 Å². The lowest BCUT2D eigenvalue weighted by Gasteiger charge is -2.09. The lowest BCUT2D eigenvalue weighted by Crippen LogP contribution is -2.12. The summed E-state index contributed by atoms with van der Waals surface area (Å²) in [7, 11) is 0. The van der Waals surface area contributed by atoms with E-state index in [0.29, 0.717) is 0 Å². The van der Waals surface area contributed by atoms with E-state index in [0.717, 1.165) is 0 Å². The highest BCUT2D eigenvalue weighted by Crippen LogP contribution is 2.07. The molecule has 3 heteroatoms. The smallest absolute Gasteiger partial charge is 0.201 e. The summed E-state index contributed by atoms with van der Waals surface area (Å²) in [5.74, 6) is 0. The number of hydrogen-bond donors (Lipinski definition) is 0. The van der Waals surface area contributed by atoms with E-state index in [-0.39, 0.29) is 12.8 Å². The maximum absolute atomic E-state index is 12.1. The average Bonchev–Trinajstić information content (AvgIpc) is 1.87. The molecule has 0 N–H and O–H groups in total. The van der Waals surface area contributed by atoms with Gasteiger partial charge in [-0.15, -0.1) is 0 Å². The quantitative estimate of drug-likeness (QED) is 0.579. The summed E-state index contributed by atoms with van der Waals surface area (Å²) in [6, 6.07) is 0. The lowest BCUT2D eigenvalue weighted by molar-refractivity contribution is -0.140. The molecule has 0 bridgehead atoms. The highest BCUT2D eigenvalue weighted by molar-refractivity contribution is 4.39. The van der Waals surface area contributed by atoms with Crippen LogP contribution >= 0.6 is 0 Å². The van der Waals surface area contributed by atoms with Crippen LogP contribution in [0.4, 0.5) is 8.78 Å². The molecule has 0 rings (SSSR count). The van der Waals surface area contributed by atoms with Crippen LogP contribution in [0, 0.1) is 0 Å². The molecule has 0 aliphatic carbocycles. The van der Waals surface area contributed by atoms with Crippen molar-refractivity contribution in [3.63, 3.8) is 0 Å². The first-order chi connectivity index (χ1) is 4.20. The van der Waals surface area contributed by atoms with Gasteiger partial charge in [0.25, 0.3) is 0 Å². The van der Waals surface area contributed by atoms with Crippen LogP contribution in [-0.2, 0) is 4.74 Å². The Bertz CT molecular complexity index is 60.1. The molecule has 56 valence electrons. The molecule has 2 unspecified atom stereocenters. The van der Waals surface area contributed by atoms with E-state index in [1.165, 1.54) is 0 Å². The zero-order valence-electron chi connectivity index (χ0n) is 5.73. The van der Waals surface area contributed by atoms with Gasteiger partial charge in [0.2, 0.25) is 12.7 Å². The second-order valence-corrected chi connectivity index (χ2v) is 1.77. The van der Waals surface area contributed by atoms with Crippen molar-refractivity contribution < 1.29 is 13.5 Å². The van der Waals surface area contributed by atoms with Crippen LogP contribution in [0.15, 0.2) is 0 Å². The third kappa shape index (κ3) is 4.33. The van der Waals surface area contributed by atoms with Gasteiger partial charge in [0, 0.05) is 12.8 Å². The minimum Gasteiger partial charge on any atom is -0.314 e. The van der Waals surface area contributed by atoms with Gasteiger partial charge >= 0.3 is 0 Å². The van der Waals surface area contributed by atoms with Crippen LogP contribution in [0.5, 0.6) is 0 Å². The van der Waals surface area contributed by atoms with Crippen molar-refractivity contribution in [3.8, 4) is 0 Å². The fourth-order valence-electron chi connectivity index (χ4n) is 0.353. The van der Waals surface area contributed by atoms with Gasteiger partial charge in [0.15, 0.2) is 0 Å². The summed E-state index contributed by atoms with van der Waals surface area (Å²) >= 11 is 0. The number of halogens is 2. The molecule has 1 nitrogen and oxygen atoms in total. The summed E-state index contributed by atoms with van der Waals surface area (Å²) in [6.07, 6.45) is -2.47. The maximum atomic E-state index is 12.1. The molecule has 2 atom stereocenters. The Morgan fingerprint density at radius 1 is 1.11 bits per heavy atom. The van der Waals surface area contributed by atoms with Gasteiger partial charge in [0.05, 0.1) is 0 Å². The Morgan fingerprint density at radius 2 is 1.44 bits per heavy atom. The standard InChI is InChI=1S/C6H12F2O/c1-3-5(7)9-6(8)4-2/h5-6H,3-4H2,1-2H3. The molecule has 0 fully saturated rings. The molecule has 0 amide bonds. The molecule has 0 aliphatic rings. The number of hydrogen-bond acceptors (Lipinski definition) is 1. The van der Waals surface area contributed by atoms with E-state index in [1.54, 1.807) is 13.8 Å². The molecule has 0 aromatic heterocycles. The van der Waals surface area contributed by atoms with Gasteiger partial charge in [-0.05, 0) is 0 Å². The van der Waals surface area contributed by atoms with E-state index in [4.69, 9.17) is 0 Å². The number of ether oxygens (including phenoxy) is 1. The van der Waals surface area contributed by atoms with E-state index in [9.17, 15) is 8.78 Å². The Kier molecular flexibility index (Phi) is 4.58. The topological polar surface area (TPSA) is 9.23 Å². The normalized spacial score (nSPS) is 17.3. The van der Waals surface area contributed by atoms with Crippen molar-refractivity contribution >= 4 is 0 Å². The largest absolute Gasteiger partial charge is 0.314 e. The van der Waals surface area contributed by atoms with Gasteiger partial charge < -0.3 is 4.74 Å².